The normalized spacial score (nSPS) is 20.1. The number of sulfonamides is 1. The van der Waals surface area contributed by atoms with Crippen molar-refractivity contribution in [2.45, 2.75) is 43.2 Å². The molecule has 2 saturated carbocycles. The summed E-state index contributed by atoms with van der Waals surface area (Å²) >= 11 is 1.43. The van der Waals surface area contributed by atoms with Crippen LogP contribution in [0.5, 0.6) is 0 Å². The van der Waals surface area contributed by atoms with Crippen molar-refractivity contribution in [1.82, 2.24) is 4.31 Å². The first-order valence-electron chi connectivity index (χ1n) is 7.18. The molecule has 0 amide bonds. The summed E-state index contributed by atoms with van der Waals surface area (Å²) in [6, 6.07) is 3.73. The van der Waals surface area contributed by atoms with Crippen molar-refractivity contribution in [3.8, 4) is 0 Å². The first kappa shape index (κ1) is 13.6. The van der Waals surface area contributed by atoms with Gasteiger partial charge in [-0.05, 0) is 56.1 Å². The quantitative estimate of drug-likeness (QED) is 0.776. The highest BCUT2D eigenvalue weighted by atomic mass is 32.2. The molecule has 3 nitrogen and oxygen atoms in total. The van der Waals surface area contributed by atoms with E-state index < -0.39 is 10.0 Å². The van der Waals surface area contributed by atoms with E-state index in [0.717, 1.165) is 24.4 Å². The van der Waals surface area contributed by atoms with Crippen molar-refractivity contribution in [2.24, 2.45) is 11.8 Å². The summed E-state index contributed by atoms with van der Waals surface area (Å²) in [6.45, 7) is 3.53. The first-order chi connectivity index (χ1) is 9.09. The molecule has 0 saturated heterocycles. The summed E-state index contributed by atoms with van der Waals surface area (Å²) in [4.78, 5) is 1.15. The zero-order valence-corrected chi connectivity index (χ0v) is 13.0. The van der Waals surface area contributed by atoms with Gasteiger partial charge in [0.05, 0.1) is 0 Å². The molecule has 0 radical (unpaired) electrons. The minimum Gasteiger partial charge on any atom is -0.206 e. The van der Waals surface area contributed by atoms with Gasteiger partial charge < -0.3 is 0 Å². The zero-order valence-electron chi connectivity index (χ0n) is 11.3. The van der Waals surface area contributed by atoms with Gasteiger partial charge in [0.1, 0.15) is 4.21 Å². The summed E-state index contributed by atoms with van der Waals surface area (Å²) < 4.78 is 27.7. The minimum absolute atomic E-state index is 0.533. The van der Waals surface area contributed by atoms with E-state index in [1.165, 1.54) is 37.0 Å². The van der Waals surface area contributed by atoms with Crippen LogP contribution >= 0.6 is 11.3 Å². The predicted octanol–water partition coefficient (Wildman–Crippen LogP) is 3.12. The fourth-order valence-corrected chi connectivity index (χ4v) is 5.30. The van der Waals surface area contributed by atoms with Gasteiger partial charge in [-0.25, -0.2) is 8.42 Å². The number of aryl methyl sites for hydroxylation is 1. The summed E-state index contributed by atoms with van der Waals surface area (Å²) in [5.41, 5.74) is 0. The molecule has 1 aromatic heterocycles. The van der Waals surface area contributed by atoms with E-state index in [2.05, 4.69) is 6.92 Å². The molecule has 0 bridgehead atoms. The van der Waals surface area contributed by atoms with Gasteiger partial charge >= 0.3 is 0 Å². The molecule has 106 valence electrons. The molecule has 0 aliphatic heterocycles. The molecule has 0 aromatic carbocycles. The van der Waals surface area contributed by atoms with Crippen LogP contribution in [0.15, 0.2) is 16.3 Å². The van der Waals surface area contributed by atoms with Crippen LogP contribution < -0.4 is 0 Å². The summed E-state index contributed by atoms with van der Waals surface area (Å²) in [7, 11) is -3.25. The lowest BCUT2D eigenvalue weighted by Gasteiger charge is -2.21. The van der Waals surface area contributed by atoms with Gasteiger partial charge in [-0.1, -0.05) is 6.92 Å². The highest BCUT2D eigenvalue weighted by molar-refractivity contribution is 7.91. The predicted molar refractivity (Wildman–Crippen MR) is 77.9 cm³/mol. The lowest BCUT2D eigenvalue weighted by molar-refractivity contribution is 0.383. The summed E-state index contributed by atoms with van der Waals surface area (Å²) in [6.07, 6.45) is 5.69. The molecule has 0 spiro atoms. The third kappa shape index (κ3) is 3.20. The van der Waals surface area contributed by atoms with Crippen LogP contribution in [0.25, 0.3) is 0 Å². The fraction of sp³-hybridized carbons (Fsp3) is 0.714. The molecule has 2 aliphatic rings. The van der Waals surface area contributed by atoms with Crippen LogP contribution in [0.1, 0.15) is 37.5 Å². The van der Waals surface area contributed by atoms with Crippen LogP contribution in [0.2, 0.25) is 0 Å². The third-order valence-corrected chi connectivity index (χ3v) is 7.43. The Morgan fingerprint density at radius 2 is 1.74 bits per heavy atom. The van der Waals surface area contributed by atoms with Crippen molar-refractivity contribution in [3.63, 3.8) is 0 Å². The molecule has 0 N–H and O–H groups in total. The molecule has 1 aromatic rings. The van der Waals surface area contributed by atoms with Gasteiger partial charge in [0.15, 0.2) is 0 Å². The van der Waals surface area contributed by atoms with Crippen molar-refractivity contribution >= 4 is 21.4 Å². The third-order valence-electron chi connectivity index (χ3n) is 3.90. The maximum Gasteiger partial charge on any atom is 0.252 e. The minimum atomic E-state index is -3.25. The van der Waals surface area contributed by atoms with E-state index in [-0.39, 0.29) is 0 Å². The standard InChI is InChI=1S/C14H21NO2S2/c1-2-13-7-8-14(18-13)19(16,17)15(9-11-3-4-11)10-12-5-6-12/h7-8,11-12H,2-6,9-10H2,1H3. The number of nitrogens with zero attached hydrogens (tertiary/aromatic N) is 1. The Morgan fingerprint density at radius 1 is 1.16 bits per heavy atom. The van der Waals surface area contributed by atoms with E-state index >= 15 is 0 Å². The van der Waals surface area contributed by atoms with E-state index in [1.54, 1.807) is 10.4 Å². The van der Waals surface area contributed by atoms with Gasteiger partial charge in [-0.15, -0.1) is 11.3 Å². The SMILES string of the molecule is CCc1ccc(S(=O)(=O)N(CC2CC2)CC2CC2)s1. The van der Waals surface area contributed by atoms with E-state index in [1.807, 2.05) is 6.07 Å². The summed E-state index contributed by atoms with van der Waals surface area (Å²) in [5.74, 6) is 1.22. The molecular formula is C14H21NO2S2. The second-order valence-electron chi connectivity index (χ2n) is 5.78. The molecule has 0 unspecified atom stereocenters. The monoisotopic (exact) mass is 299 g/mol. The molecule has 2 aliphatic carbocycles. The highest BCUT2D eigenvalue weighted by Gasteiger charge is 2.36. The van der Waals surface area contributed by atoms with Crippen LogP contribution in [-0.2, 0) is 16.4 Å². The van der Waals surface area contributed by atoms with Crippen LogP contribution in [0.4, 0.5) is 0 Å². The Bertz CT molecular complexity index is 528. The average Bonchev–Trinajstić information content (AvgIpc) is 3.30. The Balaban J connectivity index is 1.80. The number of thiophene rings is 1. The van der Waals surface area contributed by atoms with Crippen LogP contribution in [0, 0.1) is 11.8 Å². The molecular weight excluding hydrogens is 278 g/mol. The van der Waals surface area contributed by atoms with Gasteiger partial charge in [-0.3, -0.25) is 0 Å². The van der Waals surface area contributed by atoms with Crippen molar-refractivity contribution in [1.29, 1.82) is 0 Å². The Morgan fingerprint density at radius 3 is 2.16 bits per heavy atom. The Hall–Kier alpha value is -0.390. The van der Waals surface area contributed by atoms with E-state index in [9.17, 15) is 8.42 Å². The maximum atomic E-state index is 12.7. The Labute approximate surface area is 119 Å². The fourth-order valence-electron chi connectivity index (χ4n) is 2.26. The first-order valence-corrected chi connectivity index (χ1v) is 9.44. The second-order valence-corrected chi connectivity index (χ2v) is 9.12. The summed E-state index contributed by atoms with van der Waals surface area (Å²) in [5, 5.41) is 0. The Kier molecular flexibility index (Phi) is 3.71. The van der Waals surface area contributed by atoms with Gasteiger partial charge in [0.2, 0.25) is 0 Å². The van der Waals surface area contributed by atoms with Gasteiger partial charge in [0, 0.05) is 18.0 Å². The molecule has 2 fully saturated rings. The number of rotatable bonds is 7. The average molecular weight is 299 g/mol. The molecule has 19 heavy (non-hydrogen) atoms. The van der Waals surface area contributed by atoms with Crippen LogP contribution in [-0.4, -0.2) is 25.8 Å². The molecule has 0 atom stereocenters. The van der Waals surface area contributed by atoms with Crippen molar-refractivity contribution in [3.05, 3.63) is 17.0 Å². The largest absolute Gasteiger partial charge is 0.252 e. The second kappa shape index (κ2) is 5.19. The lowest BCUT2D eigenvalue weighted by atomic mass is 10.4. The van der Waals surface area contributed by atoms with Crippen molar-refractivity contribution in [2.75, 3.05) is 13.1 Å². The molecule has 5 heteroatoms. The zero-order chi connectivity index (χ0) is 13.5. The van der Waals surface area contributed by atoms with Gasteiger partial charge in [-0.2, -0.15) is 4.31 Å². The number of hydrogen-bond acceptors (Lipinski definition) is 3. The van der Waals surface area contributed by atoms with E-state index in [4.69, 9.17) is 0 Å². The lowest BCUT2D eigenvalue weighted by Crippen LogP contribution is -2.34. The van der Waals surface area contributed by atoms with Crippen molar-refractivity contribution < 1.29 is 8.42 Å². The van der Waals surface area contributed by atoms with Crippen LogP contribution in [0.3, 0.4) is 0 Å². The maximum absolute atomic E-state index is 12.7. The molecule has 3 rings (SSSR count). The van der Waals surface area contributed by atoms with E-state index in [0.29, 0.717) is 16.0 Å². The number of hydrogen-bond donors (Lipinski definition) is 0. The molecule has 1 heterocycles. The van der Waals surface area contributed by atoms with Gasteiger partial charge in [0.25, 0.3) is 10.0 Å². The smallest absolute Gasteiger partial charge is 0.206 e. The topological polar surface area (TPSA) is 37.4 Å². The highest BCUT2D eigenvalue weighted by Crippen LogP contribution is 2.37.